The van der Waals surface area contributed by atoms with Gasteiger partial charge in [-0.15, -0.1) is 11.3 Å². The van der Waals surface area contributed by atoms with Crippen LogP contribution < -0.4 is 5.32 Å². The number of halogens is 5. The van der Waals surface area contributed by atoms with Crippen LogP contribution in [-0.2, 0) is 12.7 Å². The van der Waals surface area contributed by atoms with Crippen LogP contribution in [0, 0.1) is 0 Å². The molecule has 154 valence electrons. The second-order valence-electron chi connectivity index (χ2n) is 7.19. The first-order valence-corrected chi connectivity index (χ1v) is 10.9. The number of hydrogen-bond donors (Lipinski definition) is 1. The van der Waals surface area contributed by atoms with Crippen LogP contribution in [0.5, 0.6) is 0 Å². The van der Waals surface area contributed by atoms with Crippen molar-refractivity contribution in [3.63, 3.8) is 0 Å². The number of thiophene rings is 1. The van der Waals surface area contributed by atoms with E-state index in [1.807, 2.05) is 6.07 Å². The van der Waals surface area contributed by atoms with Crippen LogP contribution in [0.4, 0.5) is 19.0 Å². The van der Waals surface area contributed by atoms with Gasteiger partial charge in [-0.2, -0.15) is 13.2 Å². The molecule has 2 aromatic heterocycles. The van der Waals surface area contributed by atoms with E-state index in [4.69, 9.17) is 23.2 Å². The van der Waals surface area contributed by atoms with Gasteiger partial charge in [0.15, 0.2) is 0 Å². The lowest BCUT2D eigenvalue weighted by Gasteiger charge is -2.21. The zero-order chi connectivity index (χ0) is 20.6. The minimum atomic E-state index is -4.41. The van der Waals surface area contributed by atoms with E-state index in [-0.39, 0.29) is 5.92 Å². The molecule has 1 aliphatic carbocycles. The molecule has 0 aliphatic heterocycles. The van der Waals surface area contributed by atoms with Crippen LogP contribution in [0.15, 0.2) is 24.3 Å². The molecule has 3 aromatic rings. The number of anilines is 1. The summed E-state index contributed by atoms with van der Waals surface area (Å²) >= 11 is 12.7. The summed E-state index contributed by atoms with van der Waals surface area (Å²) in [6.45, 7) is 0.365. The number of benzene rings is 1. The number of nitrogens with zero attached hydrogens (tertiary/aromatic N) is 2. The predicted molar refractivity (Wildman–Crippen MR) is 112 cm³/mol. The molecule has 0 atom stereocenters. The molecule has 4 rings (SSSR count). The number of hydrogen-bond acceptors (Lipinski definition) is 4. The van der Waals surface area contributed by atoms with Crippen LogP contribution in [0.2, 0.25) is 10.0 Å². The first-order chi connectivity index (χ1) is 13.8. The Hall–Kier alpha value is -1.57. The lowest BCUT2D eigenvalue weighted by atomic mass is 9.88. The molecule has 0 saturated heterocycles. The molecular weight excluding hydrogens is 442 g/mol. The molecular formula is C20H18Cl2F3N3S. The van der Waals surface area contributed by atoms with Crippen LogP contribution >= 0.6 is 34.5 Å². The van der Waals surface area contributed by atoms with Crippen molar-refractivity contribution in [2.75, 3.05) is 5.32 Å². The van der Waals surface area contributed by atoms with Gasteiger partial charge in [0.25, 0.3) is 0 Å². The van der Waals surface area contributed by atoms with Gasteiger partial charge in [-0.1, -0.05) is 48.5 Å². The standard InChI is InChI=1S/C20H18Cl2F3N3S/c21-14-7-6-11(8-15(14)22)10-26-18-13-9-16(20(23,24)25)29-19(13)28-17(27-18)12-4-2-1-3-5-12/h6-9,12H,1-5,10H2,(H,26,27,28). The molecule has 0 unspecified atom stereocenters. The molecule has 29 heavy (non-hydrogen) atoms. The molecule has 2 heterocycles. The van der Waals surface area contributed by atoms with Gasteiger partial charge >= 0.3 is 6.18 Å². The Morgan fingerprint density at radius 1 is 1.03 bits per heavy atom. The van der Waals surface area contributed by atoms with E-state index in [1.54, 1.807) is 12.1 Å². The fraction of sp³-hybridized carbons (Fsp3) is 0.400. The lowest BCUT2D eigenvalue weighted by Crippen LogP contribution is -2.11. The van der Waals surface area contributed by atoms with Crippen LogP contribution in [0.25, 0.3) is 10.2 Å². The summed E-state index contributed by atoms with van der Waals surface area (Å²) < 4.78 is 39.8. The highest BCUT2D eigenvalue weighted by Crippen LogP contribution is 2.41. The number of alkyl halides is 3. The minimum absolute atomic E-state index is 0.190. The van der Waals surface area contributed by atoms with Crippen molar-refractivity contribution in [1.82, 2.24) is 9.97 Å². The molecule has 9 heteroatoms. The Bertz CT molecular complexity index is 1030. The number of aromatic nitrogens is 2. The third-order valence-corrected chi connectivity index (χ3v) is 6.92. The quantitative estimate of drug-likeness (QED) is 0.434. The summed E-state index contributed by atoms with van der Waals surface area (Å²) in [6.07, 6.45) is 0.896. The van der Waals surface area contributed by atoms with Gasteiger partial charge in [0.2, 0.25) is 0 Å². The van der Waals surface area contributed by atoms with Crippen LogP contribution in [0.3, 0.4) is 0 Å². The van der Waals surface area contributed by atoms with Gasteiger partial charge in [0, 0.05) is 12.5 Å². The Morgan fingerprint density at radius 3 is 2.48 bits per heavy atom. The summed E-state index contributed by atoms with van der Waals surface area (Å²) in [7, 11) is 0. The van der Waals surface area contributed by atoms with Crippen molar-refractivity contribution < 1.29 is 13.2 Å². The molecule has 1 N–H and O–H groups in total. The molecule has 0 bridgehead atoms. The first kappa shape index (κ1) is 20.7. The Balaban J connectivity index is 1.70. The fourth-order valence-corrected chi connectivity index (χ4v) is 4.82. The second-order valence-corrected chi connectivity index (χ2v) is 9.04. The smallest absolute Gasteiger partial charge is 0.365 e. The Morgan fingerprint density at radius 2 is 1.79 bits per heavy atom. The maximum Gasteiger partial charge on any atom is 0.425 e. The zero-order valence-electron chi connectivity index (χ0n) is 15.3. The molecule has 0 radical (unpaired) electrons. The molecule has 1 fully saturated rings. The number of fused-ring (bicyclic) bond motifs is 1. The molecule has 1 aromatic carbocycles. The van der Waals surface area contributed by atoms with Gasteiger partial charge in [-0.25, -0.2) is 9.97 Å². The summed E-state index contributed by atoms with van der Waals surface area (Å²) in [4.78, 5) is 8.84. The van der Waals surface area contributed by atoms with Gasteiger partial charge in [0.05, 0.1) is 15.4 Å². The topological polar surface area (TPSA) is 37.8 Å². The third-order valence-electron chi connectivity index (χ3n) is 5.10. The average Bonchev–Trinajstić information content (AvgIpc) is 3.14. The van der Waals surface area contributed by atoms with E-state index in [9.17, 15) is 13.2 Å². The maximum absolute atomic E-state index is 13.3. The SMILES string of the molecule is FC(F)(F)c1cc2c(NCc3ccc(Cl)c(Cl)c3)nc(C3CCCCC3)nc2s1. The van der Waals surface area contributed by atoms with Crippen LogP contribution in [0.1, 0.15) is 54.3 Å². The van der Waals surface area contributed by atoms with E-state index < -0.39 is 11.1 Å². The summed E-state index contributed by atoms with van der Waals surface area (Å²) in [5, 5.41) is 4.45. The van der Waals surface area contributed by atoms with Gasteiger partial charge in [-0.3, -0.25) is 0 Å². The van der Waals surface area contributed by atoms with Crippen molar-refractivity contribution in [3.8, 4) is 0 Å². The van der Waals surface area contributed by atoms with E-state index in [2.05, 4.69) is 15.3 Å². The first-order valence-electron chi connectivity index (χ1n) is 9.38. The highest BCUT2D eigenvalue weighted by Gasteiger charge is 2.34. The van der Waals surface area contributed by atoms with Crippen molar-refractivity contribution in [1.29, 1.82) is 0 Å². The highest BCUT2D eigenvalue weighted by atomic mass is 35.5. The van der Waals surface area contributed by atoms with E-state index in [0.717, 1.165) is 37.3 Å². The summed E-state index contributed by atoms with van der Waals surface area (Å²) in [6, 6.07) is 6.36. The molecule has 3 nitrogen and oxygen atoms in total. The van der Waals surface area contributed by atoms with E-state index >= 15 is 0 Å². The van der Waals surface area contributed by atoms with Crippen molar-refractivity contribution in [2.45, 2.75) is 50.7 Å². The maximum atomic E-state index is 13.3. The number of rotatable bonds is 4. The molecule has 1 aliphatic rings. The average molecular weight is 460 g/mol. The van der Waals surface area contributed by atoms with Crippen molar-refractivity contribution in [2.24, 2.45) is 0 Å². The number of nitrogens with one attached hydrogen (secondary N) is 1. The van der Waals surface area contributed by atoms with Gasteiger partial charge in [0.1, 0.15) is 21.3 Å². The highest BCUT2D eigenvalue weighted by molar-refractivity contribution is 7.18. The predicted octanol–water partition coefficient (Wildman–Crippen LogP) is 7.68. The van der Waals surface area contributed by atoms with Crippen LogP contribution in [-0.4, -0.2) is 9.97 Å². The van der Waals surface area contributed by atoms with Gasteiger partial charge in [-0.05, 0) is 36.6 Å². The Kier molecular flexibility index (Phi) is 5.91. The zero-order valence-corrected chi connectivity index (χ0v) is 17.7. The van der Waals surface area contributed by atoms with Gasteiger partial charge < -0.3 is 5.32 Å². The molecule has 0 spiro atoms. The summed E-state index contributed by atoms with van der Waals surface area (Å²) in [5.41, 5.74) is 0.858. The molecule has 1 saturated carbocycles. The van der Waals surface area contributed by atoms with E-state index in [0.29, 0.717) is 49.8 Å². The van der Waals surface area contributed by atoms with Crippen molar-refractivity contribution >= 4 is 50.6 Å². The van der Waals surface area contributed by atoms with E-state index in [1.165, 1.54) is 6.42 Å². The molecule has 0 amide bonds. The lowest BCUT2D eigenvalue weighted by molar-refractivity contribution is -0.134. The Labute approximate surface area is 180 Å². The normalized spacial score (nSPS) is 15.8. The monoisotopic (exact) mass is 459 g/mol. The minimum Gasteiger partial charge on any atom is -0.365 e. The largest absolute Gasteiger partial charge is 0.425 e. The third kappa shape index (κ3) is 4.62. The van der Waals surface area contributed by atoms with Crippen molar-refractivity contribution in [3.05, 3.63) is 50.6 Å². The fourth-order valence-electron chi connectivity index (χ4n) is 3.59. The summed E-state index contributed by atoms with van der Waals surface area (Å²) in [5.74, 6) is 1.24. The second kappa shape index (κ2) is 8.28.